The minimum absolute atomic E-state index is 0.0182. The van der Waals surface area contributed by atoms with Crippen LogP contribution in [0, 0.1) is 11.8 Å². The van der Waals surface area contributed by atoms with Crippen LogP contribution in [0.15, 0.2) is 12.2 Å². The Morgan fingerprint density at radius 3 is 1.07 bits per heavy atom. The number of phosphoric acid groups is 1. The predicted molar refractivity (Wildman–Crippen MR) is 476 cm³/mol. The molecule has 2 aliphatic heterocycles. The van der Waals surface area contributed by atoms with Crippen LogP contribution in [0.4, 0.5) is 0 Å². The Hall–Kier alpha value is -2.79. The van der Waals surface area contributed by atoms with E-state index in [1.807, 2.05) is 0 Å². The first kappa shape index (κ1) is 113. The van der Waals surface area contributed by atoms with E-state index in [1.165, 1.54) is 186 Å². The number of allylic oxidation sites excluding steroid dienone is 2. The minimum atomic E-state index is -5.81. The number of phosphoric ester groups is 1. The van der Waals surface area contributed by atoms with Gasteiger partial charge in [-0.15, -0.1) is 0 Å². The van der Waals surface area contributed by atoms with Gasteiger partial charge in [0.1, 0.15) is 92.6 Å². The zero-order chi connectivity index (χ0) is 89.2. The maximum absolute atomic E-state index is 15.0. The molecule has 20 atom stereocenters. The smallest absolute Gasteiger partial charge is 0.463 e. The molecule has 0 amide bonds. The van der Waals surface area contributed by atoms with Crippen molar-refractivity contribution in [1.82, 2.24) is 0 Å². The topological polar surface area (TPSA) is 380 Å². The highest BCUT2D eigenvalue weighted by atomic mass is 31.2. The highest BCUT2D eigenvalue weighted by molar-refractivity contribution is 7.47. The van der Waals surface area contributed by atoms with E-state index < -0.39 is 162 Å². The molecule has 2 heterocycles. The molecule has 3 fully saturated rings. The van der Waals surface area contributed by atoms with Crippen molar-refractivity contribution in [2.45, 2.75) is 537 Å². The number of rotatable bonds is 80. The second-order valence-electron chi connectivity index (χ2n) is 36.2. The summed E-state index contributed by atoms with van der Waals surface area (Å²) in [5, 5.41) is 103. The van der Waals surface area contributed by atoms with Crippen LogP contribution in [0.3, 0.4) is 0 Å². The van der Waals surface area contributed by atoms with E-state index in [4.69, 9.17) is 46.9 Å². The average Bonchev–Trinajstić information content (AvgIpc) is 0.753. The summed E-state index contributed by atoms with van der Waals surface area (Å²) < 4.78 is 73.7. The van der Waals surface area contributed by atoms with Gasteiger partial charge >= 0.3 is 31.7 Å². The second kappa shape index (κ2) is 72.9. The van der Waals surface area contributed by atoms with Gasteiger partial charge in [-0.3, -0.25) is 28.2 Å². The van der Waals surface area contributed by atoms with Crippen molar-refractivity contribution < 1.29 is 122 Å². The van der Waals surface area contributed by atoms with Gasteiger partial charge in [-0.05, 0) is 63.2 Å². The normalized spacial score (nSPS) is 25.0. The van der Waals surface area contributed by atoms with Gasteiger partial charge in [-0.2, -0.15) is 0 Å². The van der Waals surface area contributed by atoms with E-state index >= 15 is 0 Å². The number of hydrogen-bond donors (Lipinski definition) is 10. The van der Waals surface area contributed by atoms with Gasteiger partial charge < -0.3 is 88.7 Å². The third kappa shape index (κ3) is 52.8. The largest absolute Gasteiger partial charge is 0.472 e. The summed E-state index contributed by atoms with van der Waals surface area (Å²) in [5.74, 6) is -1.66. The lowest BCUT2D eigenvalue weighted by Gasteiger charge is -2.50. The predicted octanol–water partition coefficient (Wildman–Crippen LogP) is 19.2. The van der Waals surface area contributed by atoms with E-state index in [2.05, 4.69) is 53.7 Å². The number of aliphatic hydroxyl groups is 9. The van der Waals surface area contributed by atoms with E-state index in [9.17, 15) is 74.6 Å². The number of esters is 4. The van der Waals surface area contributed by atoms with E-state index in [0.29, 0.717) is 43.9 Å². The maximum Gasteiger partial charge on any atom is 0.472 e. The molecule has 0 aromatic rings. The van der Waals surface area contributed by atoms with Gasteiger partial charge in [-0.25, -0.2) is 4.57 Å². The molecule has 26 heteroatoms. The van der Waals surface area contributed by atoms with Crippen LogP contribution in [0.5, 0.6) is 0 Å². The molecule has 2 saturated heterocycles. The summed E-state index contributed by atoms with van der Waals surface area (Å²) in [6.45, 7) is 10.3. The van der Waals surface area contributed by atoms with Gasteiger partial charge in [0.15, 0.2) is 24.8 Å². The van der Waals surface area contributed by atoms with E-state index in [1.54, 1.807) is 0 Å². The van der Waals surface area contributed by atoms with Gasteiger partial charge in [-0.1, -0.05) is 368 Å². The molecular weight excluding hydrogens is 1580 g/mol. The van der Waals surface area contributed by atoms with Crippen LogP contribution in [0.25, 0.3) is 0 Å². The molecule has 1 aliphatic carbocycles. The zero-order valence-corrected chi connectivity index (χ0v) is 78.0. The summed E-state index contributed by atoms with van der Waals surface area (Å²) in [7, 11) is -5.81. The maximum atomic E-state index is 15.0. The summed E-state index contributed by atoms with van der Waals surface area (Å²) in [5.41, 5.74) is 0. The Balaban J connectivity index is 1.91. The molecule has 718 valence electrons. The molecule has 10 N–H and O–H groups in total. The summed E-state index contributed by atoms with van der Waals surface area (Å²) in [4.78, 5) is 66.7. The van der Waals surface area contributed by atoms with Crippen LogP contribution in [0.1, 0.15) is 433 Å². The molecule has 0 bridgehead atoms. The number of unbranched alkanes of at least 4 members (excludes halogenated alkanes) is 46. The highest BCUT2D eigenvalue weighted by Gasteiger charge is 2.60. The summed E-state index contributed by atoms with van der Waals surface area (Å²) in [6, 6.07) is 0. The number of ether oxygens (including phenoxy) is 8. The first-order chi connectivity index (χ1) is 59.0. The van der Waals surface area contributed by atoms with Crippen molar-refractivity contribution in [3.8, 4) is 0 Å². The third-order valence-corrected chi connectivity index (χ3v) is 25.8. The molecule has 3 aliphatic rings. The summed E-state index contributed by atoms with van der Waals surface area (Å²) >= 11 is 0. The first-order valence-electron chi connectivity index (χ1n) is 49.7. The molecule has 0 aromatic carbocycles. The van der Waals surface area contributed by atoms with Gasteiger partial charge in [0.25, 0.3) is 0 Å². The molecule has 0 radical (unpaired) electrons. The first-order valence-corrected chi connectivity index (χ1v) is 51.2. The molecule has 0 spiro atoms. The van der Waals surface area contributed by atoms with E-state index in [-0.39, 0.29) is 25.7 Å². The Bertz CT molecular complexity index is 2610. The van der Waals surface area contributed by atoms with Crippen LogP contribution in [-0.4, -0.2) is 205 Å². The molecular formula is C96H179O25P. The van der Waals surface area contributed by atoms with Crippen molar-refractivity contribution in [3.63, 3.8) is 0 Å². The van der Waals surface area contributed by atoms with Crippen molar-refractivity contribution in [3.05, 3.63) is 12.2 Å². The van der Waals surface area contributed by atoms with Crippen molar-refractivity contribution in [2.24, 2.45) is 11.8 Å². The van der Waals surface area contributed by atoms with Crippen LogP contribution in [0.2, 0.25) is 0 Å². The Morgan fingerprint density at radius 1 is 0.344 bits per heavy atom. The highest BCUT2D eigenvalue weighted by Crippen LogP contribution is 2.49. The fourth-order valence-electron chi connectivity index (χ4n) is 16.7. The van der Waals surface area contributed by atoms with Crippen LogP contribution in [-0.2, 0) is 70.7 Å². The number of carbonyl (C=O) groups is 4. The van der Waals surface area contributed by atoms with Gasteiger partial charge in [0.2, 0.25) is 0 Å². The lowest BCUT2D eigenvalue weighted by Crippen LogP contribution is -2.70. The molecule has 3 rings (SSSR count). The zero-order valence-electron chi connectivity index (χ0n) is 77.1. The van der Waals surface area contributed by atoms with Gasteiger partial charge in [0.05, 0.1) is 13.2 Å². The third-order valence-electron chi connectivity index (χ3n) is 24.8. The van der Waals surface area contributed by atoms with E-state index in [0.717, 1.165) is 148 Å². The van der Waals surface area contributed by atoms with Crippen LogP contribution < -0.4 is 0 Å². The lowest BCUT2D eigenvalue weighted by molar-refractivity contribution is -0.360. The lowest BCUT2D eigenvalue weighted by atomic mass is 9.84. The molecule has 122 heavy (non-hydrogen) atoms. The Labute approximate surface area is 737 Å². The van der Waals surface area contributed by atoms with Crippen molar-refractivity contribution >= 4 is 31.7 Å². The number of carbonyl (C=O) groups excluding carboxylic acids is 4. The average molecular weight is 1760 g/mol. The Morgan fingerprint density at radius 2 is 0.664 bits per heavy atom. The van der Waals surface area contributed by atoms with Crippen molar-refractivity contribution in [2.75, 3.05) is 26.4 Å². The number of hydrogen-bond acceptors (Lipinski definition) is 24. The number of aliphatic hydroxyl groups excluding tert-OH is 9. The molecule has 0 aromatic heterocycles. The minimum Gasteiger partial charge on any atom is -0.463 e. The fourth-order valence-corrected chi connectivity index (χ4v) is 17.7. The second-order valence-corrected chi connectivity index (χ2v) is 37.6. The Kier molecular flexibility index (Phi) is 67.8. The monoisotopic (exact) mass is 1760 g/mol. The van der Waals surface area contributed by atoms with Crippen molar-refractivity contribution in [1.29, 1.82) is 0 Å². The van der Waals surface area contributed by atoms with Gasteiger partial charge in [0, 0.05) is 25.7 Å². The standard InChI is InChI=1S/C96H179O25P/c1-7-11-15-19-23-25-27-29-31-33-35-37-39-41-51-59-67-80(99)113-73-78-84(103)86(105)90(109)96(117-78)120-93-91(118-82(101)69-61-53-45-43-49-57-65-75(6)63-55-47-22-18-14-10-4)87(106)88(107)92(119-95-89(108)85(104)83(102)77(70-97)116-95)94(93)121-122(110,111)114-72-76(71-112-79(98)66-58-50-40-38-36-34-32-30-28-26-24-20-16-12-8-2)115-81(100)68-60-52-44-42-48-56-64-74(5)62-54-46-21-17-13-9-3/h26,28,74-78,83-97,102-109H,7-25,27,29-73H2,1-6H3,(H,110,111)/b28-26-. The fraction of sp³-hybridized carbons (Fsp3) is 0.938. The molecule has 1 saturated carbocycles. The molecule has 20 unspecified atom stereocenters. The SMILES string of the molecule is CCCCCC/C=C\CCCCCCCCCC(=O)OCC(COP(=O)(O)OC1C(OC2OC(CO)C(O)C(O)C2O)C(O)C(O)C(OC(=O)CCCCCCCCC(C)CCCCCCCC)C1OC1OC(COC(=O)CCCCCCCCCCCCCCCCCC)C(O)C(O)C1O)OC(=O)CCCCCCCCC(C)CCCCCCCC. The summed E-state index contributed by atoms with van der Waals surface area (Å²) in [6.07, 6.45) is 30.4. The van der Waals surface area contributed by atoms with Crippen LogP contribution >= 0.6 is 7.82 Å². The quantitative estimate of drug-likeness (QED) is 0.00889. The molecule has 25 nitrogen and oxygen atoms in total.